The zero-order chi connectivity index (χ0) is 25.3. The highest BCUT2D eigenvalue weighted by Crippen LogP contribution is 2.29. The SMILES string of the molecule is Cc1nc(COc2cnc(/C(F)=C/c3cc(F)c(F)c(C4CS(=O)N(C)C(N)=N4)c3)cn2)c(C)o1. The van der Waals surface area contributed by atoms with Gasteiger partial charge in [0.15, 0.2) is 23.4 Å². The number of oxazole rings is 1. The number of halogens is 3. The minimum absolute atomic E-state index is 0.0221. The molecule has 0 aliphatic carbocycles. The fourth-order valence-electron chi connectivity index (χ4n) is 3.33. The van der Waals surface area contributed by atoms with Crippen LogP contribution in [-0.4, -0.2) is 42.2 Å². The number of aryl methyl sites for hydroxylation is 2. The second kappa shape index (κ2) is 9.86. The largest absolute Gasteiger partial charge is 0.470 e. The number of nitrogens with zero attached hydrogens (tertiary/aromatic N) is 5. The van der Waals surface area contributed by atoms with E-state index in [4.69, 9.17) is 14.9 Å². The van der Waals surface area contributed by atoms with Crippen LogP contribution in [0.2, 0.25) is 0 Å². The number of rotatable bonds is 6. The van der Waals surface area contributed by atoms with Gasteiger partial charge in [-0.05, 0) is 30.7 Å². The molecule has 9 nitrogen and oxygen atoms in total. The van der Waals surface area contributed by atoms with Crippen molar-refractivity contribution in [3.63, 3.8) is 0 Å². The molecule has 0 fully saturated rings. The summed E-state index contributed by atoms with van der Waals surface area (Å²) in [7, 11) is -0.0881. The molecule has 0 spiro atoms. The molecular weight excluding hydrogens is 485 g/mol. The lowest BCUT2D eigenvalue weighted by Gasteiger charge is -2.26. The molecule has 0 bridgehead atoms. The Morgan fingerprint density at radius 3 is 2.71 bits per heavy atom. The number of aromatic nitrogens is 3. The van der Waals surface area contributed by atoms with E-state index in [1.165, 1.54) is 23.6 Å². The van der Waals surface area contributed by atoms with Crippen LogP contribution in [0.4, 0.5) is 13.2 Å². The first-order valence-corrected chi connectivity index (χ1v) is 11.6. The summed E-state index contributed by atoms with van der Waals surface area (Å²) in [6, 6.07) is 1.09. The Morgan fingerprint density at radius 2 is 2.09 bits per heavy atom. The van der Waals surface area contributed by atoms with Crippen molar-refractivity contribution in [2.24, 2.45) is 10.7 Å². The predicted octanol–water partition coefficient (Wildman–Crippen LogP) is 3.37. The Morgan fingerprint density at radius 1 is 1.31 bits per heavy atom. The Kier molecular flexibility index (Phi) is 6.87. The van der Waals surface area contributed by atoms with Crippen LogP contribution >= 0.6 is 0 Å². The first kappa shape index (κ1) is 24.4. The number of hydrogen-bond donors (Lipinski definition) is 1. The summed E-state index contributed by atoms with van der Waals surface area (Å²) >= 11 is 0. The maximum atomic E-state index is 14.8. The molecule has 0 radical (unpaired) electrons. The van der Waals surface area contributed by atoms with Gasteiger partial charge in [0.2, 0.25) is 11.8 Å². The van der Waals surface area contributed by atoms with E-state index in [-0.39, 0.29) is 41.0 Å². The van der Waals surface area contributed by atoms with E-state index >= 15 is 0 Å². The van der Waals surface area contributed by atoms with Gasteiger partial charge in [0.05, 0.1) is 24.2 Å². The van der Waals surface area contributed by atoms with Gasteiger partial charge < -0.3 is 14.9 Å². The molecule has 0 saturated heterocycles. The van der Waals surface area contributed by atoms with Gasteiger partial charge in [0.25, 0.3) is 0 Å². The molecule has 0 amide bonds. The average molecular weight is 507 g/mol. The number of aliphatic imine (C=N–C) groups is 1. The number of ether oxygens (including phenoxy) is 1. The first-order valence-electron chi connectivity index (χ1n) is 10.3. The smallest absolute Gasteiger partial charge is 0.232 e. The fraction of sp³-hybridized carbons (Fsp3) is 0.273. The molecule has 0 saturated carbocycles. The number of guanidine groups is 1. The van der Waals surface area contributed by atoms with Gasteiger partial charge in [-0.2, -0.15) is 0 Å². The third kappa shape index (κ3) is 5.34. The Hall–Kier alpha value is -3.74. The molecule has 1 aliphatic rings. The maximum absolute atomic E-state index is 14.8. The summed E-state index contributed by atoms with van der Waals surface area (Å²) < 4.78 is 67.8. The Bertz CT molecular complexity index is 1340. The number of benzene rings is 1. The van der Waals surface area contributed by atoms with Gasteiger partial charge in [-0.1, -0.05) is 0 Å². The van der Waals surface area contributed by atoms with Crippen molar-refractivity contribution in [3.8, 4) is 5.88 Å². The van der Waals surface area contributed by atoms with Gasteiger partial charge in [-0.25, -0.2) is 37.3 Å². The Balaban J connectivity index is 1.53. The van der Waals surface area contributed by atoms with Gasteiger partial charge in [0, 0.05) is 19.5 Å². The quantitative estimate of drug-likeness (QED) is 0.544. The molecule has 2 unspecified atom stereocenters. The van der Waals surface area contributed by atoms with Crippen molar-refractivity contribution >= 4 is 28.8 Å². The normalized spacial score (nSPS) is 18.5. The molecular formula is C22H21F3N6O3S. The van der Waals surface area contributed by atoms with Crippen molar-refractivity contribution in [2.75, 3.05) is 12.8 Å². The highest BCUT2D eigenvalue weighted by Gasteiger charge is 2.28. The van der Waals surface area contributed by atoms with E-state index in [1.54, 1.807) is 13.8 Å². The van der Waals surface area contributed by atoms with Crippen LogP contribution in [0.25, 0.3) is 11.9 Å². The molecule has 4 rings (SSSR count). The fourth-order valence-corrected chi connectivity index (χ4v) is 4.33. The van der Waals surface area contributed by atoms with Crippen LogP contribution in [0.3, 0.4) is 0 Å². The highest BCUT2D eigenvalue weighted by molar-refractivity contribution is 7.83. The second-order valence-corrected chi connectivity index (χ2v) is 9.18. The summed E-state index contributed by atoms with van der Waals surface area (Å²) in [6.07, 6.45) is 3.36. The van der Waals surface area contributed by atoms with Crippen LogP contribution in [0.15, 0.2) is 33.9 Å². The van der Waals surface area contributed by atoms with Crippen molar-refractivity contribution in [2.45, 2.75) is 26.5 Å². The van der Waals surface area contributed by atoms with Gasteiger partial charge in [-0.3, -0.25) is 4.31 Å². The summed E-state index contributed by atoms with van der Waals surface area (Å²) in [5.41, 5.74) is 6.02. The first-order chi connectivity index (χ1) is 16.6. The molecule has 2 atom stereocenters. The lowest BCUT2D eigenvalue weighted by molar-refractivity contribution is 0.286. The van der Waals surface area contributed by atoms with Gasteiger partial charge >= 0.3 is 0 Å². The number of nitrogens with two attached hydrogens (primary N) is 1. The summed E-state index contributed by atoms with van der Waals surface area (Å²) in [6.45, 7) is 3.57. The van der Waals surface area contributed by atoms with E-state index in [0.29, 0.717) is 17.3 Å². The van der Waals surface area contributed by atoms with Crippen molar-refractivity contribution < 1.29 is 26.5 Å². The molecule has 3 heterocycles. The molecule has 2 N–H and O–H groups in total. The standard InChI is InChI=1S/C22H21F3N6O3S/c1-11-18(29-12(2)34-11)9-33-20-8-27-17(7-28-20)15(23)5-13-4-14(21(25)16(24)6-13)19-10-35(32)31(3)22(26)30-19/h4-8,19H,9-10H2,1-3H3,(H2,26,30)/b15-5-. The molecule has 1 aromatic carbocycles. The second-order valence-electron chi connectivity index (χ2n) is 7.65. The van der Waals surface area contributed by atoms with Crippen LogP contribution in [-0.2, 0) is 17.6 Å². The maximum Gasteiger partial charge on any atom is 0.232 e. The zero-order valence-electron chi connectivity index (χ0n) is 19.0. The Labute approximate surface area is 201 Å². The molecule has 2 aromatic heterocycles. The summed E-state index contributed by atoms with van der Waals surface area (Å²) in [5, 5.41) is 0. The minimum atomic E-state index is -1.56. The van der Waals surface area contributed by atoms with Crippen molar-refractivity contribution in [1.82, 2.24) is 19.3 Å². The number of hydrogen-bond acceptors (Lipinski definition) is 8. The molecule has 184 valence electrons. The minimum Gasteiger partial charge on any atom is -0.470 e. The third-order valence-electron chi connectivity index (χ3n) is 5.18. The van der Waals surface area contributed by atoms with Crippen LogP contribution < -0.4 is 10.5 Å². The average Bonchev–Trinajstić information content (AvgIpc) is 3.15. The summed E-state index contributed by atoms with van der Waals surface area (Å²) in [5.74, 6) is -2.10. The topological polar surface area (TPSA) is 120 Å². The van der Waals surface area contributed by atoms with E-state index < -0.39 is 34.5 Å². The zero-order valence-corrected chi connectivity index (χ0v) is 19.8. The molecule has 3 aromatic rings. The van der Waals surface area contributed by atoms with Crippen LogP contribution in [0.1, 0.15) is 40.2 Å². The van der Waals surface area contributed by atoms with Crippen molar-refractivity contribution in [1.29, 1.82) is 0 Å². The molecule has 35 heavy (non-hydrogen) atoms. The predicted molar refractivity (Wildman–Crippen MR) is 123 cm³/mol. The van der Waals surface area contributed by atoms with E-state index in [2.05, 4.69) is 19.9 Å². The van der Waals surface area contributed by atoms with Crippen LogP contribution in [0.5, 0.6) is 5.88 Å². The summed E-state index contributed by atoms with van der Waals surface area (Å²) in [4.78, 5) is 16.2. The molecule has 1 aliphatic heterocycles. The monoisotopic (exact) mass is 506 g/mol. The van der Waals surface area contributed by atoms with E-state index in [9.17, 15) is 17.4 Å². The lowest BCUT2D eigenvalue weighted by atomic mass is 10.0. The van der Waals surface area contributed by atoms with E-state index in [1.807, 2.05) is 0 Å². The van der Waals surface area contributed by atoms with Gasteiger partial charge in [0.1, 0.15) is 34.7 Å². The third-order valence-corrected chi connectivity index (χ3v) is 6.58. The van der Waals surface area contributed by atoms with E-state index in [0.717, 1.165) is 18.3 Å². The van der Waals surface area contributed by atoms with Crippen molar-refractivity contribution in [3.05, 3.63) is 70.3 Å². The van der Waals surface area contributed by atoms with Gasteiger partial charge in [-0.15, -0.1) is 0 Å². The highest BCUT2D eigenvalue weighted by atomic mass is 32.2. The van der Waals surface area contributed by atoms with Crippen LogP contribution in [0, 0.1) is 25.5 Å². The molecule has 13 heteroatoms. The lowest BCUT2D eigenvalue weighted by Crippen LogP contribution is -2.41.